The zero-order valence-electron chi connectivity index (χ0n) is 14.2. The predicted molar refractivity (Wildman–Crippen MR) is 88.4 cm³/mol. The molecule has 1 atom stereocenters. The van der Waals surface area contributed by atoms with Crippen molar-refractivity contribution in [1.82, 2.24) is 20.0 Å². The molecule has 0 amide bonds. The molecule has 120 valence electrons. The summed E-state index contributed by atoms with van der Waals surface area (Å²) in [7, 11) is 0. The van der Waals surface area contributed by atoms with Crippen molar-refractivity contribution in [2.45, 2.75) is 65.6 Å². The maximum atomic E-state index is 4.70. The SMILES string of the molecule is CC(C)CNCC1CCCCN1Cc1ccn(C(C)C)n1. The van der Waals surface area contributed by atoms with E-state index in [0.717, 1.165) is 25.6 Å². The Labute approximate surface area is 129 Å². The topological polar surface area (TPSA) is 33.1 Å². The predicted octanol–water partition coefficient (Wildman–Crippen LogP) is 3.06. The average molecular weight is 292 g/mol. The molecule has 1 unspecified atom stereocenters. The highest BCUT2D eigenvalue weighted by Crippen LogP contribution is 2.19. The molecule has 1 N–H and O–H groups in total. The van der Waals surface area contributed by atoms with Gasteiger partial charge in [-0.3, -0.25) is 9.58 Å². The molecule has 1 aliphatic heterocycles. The van der Waals surface area contributed by atoms with E-state index in [4.69, 9.17) is 5.10 Å². The lowest BCUT2D eigenvalue weighted by atomic mass is 10.0. The largest absolute Gasteiger partial charge is 0.315 e. The molecule has 0 aliphatic carbocycles. The highest BCUT2D eigenvalue weighted by Gasteiger charge is 2.22. The summed E-state index contributed by atoms with van der Waals surface area (Å²) in [4.78, 5) is 2.61. The number of rotatable bonds is 7. The van der Waals surface area contributed by atoms with Crippen molar-refractivity contribution in [3.05, 3.63) is 18.0 Å². The number of nitrogens with one attached hydrogen (secondary N) is 1. The summed E-state index contributed by atoms with van der Waals surface area (Å²) >= 11 is 0. The molecule has 1 saturated heterocycles. The molecule has 0 spiro atoms. The van der Waals surface area contributed by atoms with Crippen LogP contribution in [0.25, 0.3) is 0 Å². The summed E-state index contributed by atoms with van der Waals surface area (Å²) in [6.45, 7) is 13.3. The fourth-order valence-electron chi connectivity index (χ4n) is 3.00. The van der Waals surface area contributed by atoms with Gasteiger partial charge in [-0.25, -0.2) is 0 Å². The molecule has 21 heavy (non-hydrogen) atoms. The molecule has 1 fully saturated rings. The Morgan fingerprint density at radius 2 is 2.10 bits per heavy atom. The second-order valence-electron chi connectivity index (χ2n) is 7.05. The molecule has 4 nitrogen and oxygen atoms in total. The summed E-state index contributed by atoms with van der Waals surface area (Å²) in [5.41, 5.74) is 1.21. The average Bonchev–Trinajstić information content (AvgIpc) is 2.89. The molecule has 1 aromatic heterocycles. The Hall–Kier alpha value is -0.870. The first-order valence-corrected chi connectivity index (χ1v) is 8.55. The van der Waals surface area contributed by atoms with Crippen LogP contribution in [0.2, 0.25) is 0 Å². The molecular formula is C17H32N4. The van der Waals surface area contributed by atoms with Gasteiger partial charge in [-0.1, -0.05) is 20.3 Å². The minimum atomic E-state index is 0.448. The Morgan fingerprint density at radius 1 is 1.29 bits per heavy atom. The lowest BCUT2D eigenvalue weighted by Crippen LogP contribution is -2.45. The third kappa shape index (κ3) is 5.11. The highest BCUT2D eigenvalue weighted by atomic mass is 15.3. The number of nitrogens with zero attached hydrogens (tertiary/aromatic N) is 3. The molecule has 1 aliphatic rings. The minimum Gasteiger partial charge on any atom is -0.315 e. The van der Waals surface area contributed by atoms with Crippen LogP contribution in [0.5, 0.6) is 0 Å². The summed E-state index contributed by atoms with van der Waals surface area (Å²) < 4.78 is 2.06. The van der Waals surface area contributed by atoms with Gasteiger partial charge in [0.25, 0.3) is 0 Å². The first-order chi connectivity index (χ1) is 10.1. The third-order valence-electron chi connectivity index (χ3n) is 4.24. The minimum absolute atomic E-state index is 0.448. The molecule has 2 heterocycles. The van der Waals surface area contributed by atoms with Crippen LogP contribution < -0.4 is 5.32 Å². The van der Waals surface area contributed by atoms with Crippen molar-refractivity contribution in [2.75, 3.05) is 19.6 Å². The van der Waals surface area contributed by atoms with Gasteiger partial charge >= 0.3 is 0 Å². The summed E-state index contributed by atoms with van der Waals surface area (Å²) in [5.74, 6) is 0.726. The number of aromatic nitrogens is 2. The number of piperidine rings is 1. The first-order valence-electron chi connectivity index (χ1n) is 8.55. The molecule has 4 heteroatoms. The van der Waals surface area contributed by atoms with Gasteiger partial charge in [-0.05, 0) is 51.8 Å². The lowest BCUT2D eigenvalue weighted by Gasteiger charge is -2.35. The number of hydrogen-bond acceptors (Lipinski definition) is 3. The van der Waals surface area contributed by atoms with E-state index in [1.807, 2.05) is 0 Å². The van der Waals surface area contributed by atoms with Gasteiger partial charge in [-0.2, -0.15) is 5.10 Å². The summed E-state index contributed by atoms with van der Waals surface area (Å²) in [6, 6.07) is 3.29. The van der Waals surface area contributed by atoms with E-state index in [1.165, 1.54) is 31.5 Å². The van der Waals surface area contributed by atoms with Crippen LogP contribution in [-0.2, 0) is 6.54 Å². The van der Waals surface area contributed by atoms with Crippen LogP contribution in [-0.4, -0.2) is 40.4 Å². The van der Waals surface area contributed by atoms with E-state index in [-0.39, 0.29) is 0 Å². The third-order valence-corrected chi connectivity index (χ3v) is 4.24. The summed E-state index contributed by atoms with van der Waals surface area (Å²) in [5, 5.41) is 8.33. The highest BCUT2D eigenvalue weighted by molar-refractivity contribution is 5.00. The van der Waals surface area contributed by atoms with Crippen molar-refractivity contribution >= 4 is 0 Å². The zero-order valence-corrected chi connectivity index (χ0v) is 14.2. The smallest absolute Gasteiger partial charge is 0.0765 e. The van der Waals surface area contributed by atoms with E-state index in [9.17, 15) is 0 Å². The van der Waals surface area contributed by atoms with Gasteiger partial charge in [0.05, 0.1) is 5.69 Å². The van der Waals surface area contributed by atoms with Crippen LogP contribution in [0.15, 0.2) is 12.3 Å². The van der Waals surface area contributed by atoms with E-state index >= 15 is 0 Å². The Bertz CT molecular complexity index is 411. The van der Waals surface area contributed by atoms with Crippen molar-refractivity contribution in [1.29, 1.82) is 0 Å². The van der Waals surface area contributed by atoms with Crippen LogP contribution >= 0.6 is 0 Å². The van der Waals surface area contributed by atoms with E-state index in [1.54, 1.807) is 0 Å². The molecule has 0 bridgehead atoms. The standard InChI is InChI=1S/C17H32N4/c1-14(2)11-18-12-17-7-5-6-9-20(17)13-16-8-10-21(19-16)15(3)4/h8,10,14-15,17-18H,5-7,9,11-13H2,1-4H3. The van der Waals surface area contributed by atoms with Crippen LogP contribution in [0.1, 0.15) is 58.7 Å². The second-order valence-corrected chi connectivity index (χ2v) is 7.05. The number of likely N-dealkylation sites (tertiary alicyclic amines) is 1. The van der Waals surface area contributed by atoms with Gasteiger partial charge in [0.15, 0.2) is 0 Å². The van der Waals surface area contributed by atoms with Crippen molar-refractivity contribution < 1.29 is 0 Å². The van der Waals surface area contributed by atoms with Gasteiger partial charge in [0, 0.05) is 31.4 Å². The Kier molecular flexibility index (Phi) is 6.24. The Morgan fingerprint density at radius 3 is 2.76 bits per heavy atom. The maximum Gasteiger partial charge on any atom is 0.0765 e. The molecular weight excluding hydrogens is 260 g/mol. The fraction of sp³-hybridized carbons (Fsp3) is 0.824. The molecule has 2 rings (SSSR count). The fourth-order valence-corrected chi connectivity index (χ4v) is 3.00. The number of hydrogen-bond donors (Lipinski definition) is 1. The molecule has 0 aromatic carbocycles. The lowest BCUT2D eigenvalue weighted by molar-refractivity contribution is 0.135. The normalized spacial score (nSPS) is 20.6. The van der Waals surface area contributed by atoms with Crippen LogP contribution in [0, 0.1) is 5.92 Å². The van der Waals surface area contributed by atoms with E-state index < -0.39 is 0 Å². The molecule has 0 saturated carbocycles. The first kappa shape index (κ1) is 16.5. The zero-order chi connectivity index (χ0) is 15.2. The molecule has 1 aromatic rings. The van der Waals surface area contributed by atoms with Gasteiger partial charge in [0.2, 0.25) is 0 Å². The van der Waals surface area contributed by atoms with E-state index in [0.29, 0.717) is 12.1 Å². The second kappa shape index (κ2) is 7.95. The maximum absolute atomic E-state index is 4.70. The van der Waals surface area contributed by atoms with Crippen LogP contribution in [0.4, 0.5) is 0 Å². The monoisotopic (exact) mass is 292 g/mol. The van der Waals surface area contributed by atoms with E-state index in [2.05, 4.69) is 54.9 Å². The quantitative estimate of drug-likeness (QED) is 0.838. The van der Waals surface area contributed by atoms with Gasteiger partial charge in [-0.15, -0.1) is 0 Å². The van der Waals surface area contributed by atoms with Crippen molar-refractivity contribution in [2.24, 2.45) is 5.92 Å². The van der Waals surface area contributed by atoms with Gasteiger partial charge < -0.3 is 5.32 Å². The van der Waals surface area contributed by atoms with Crippen LogP contribution in [0.3, 0.4) is 0 Å². The summed E-state index contributed by atoms with van der Waals surface area (Å²) in [6.07, 6.45) is 6.11. The van der Waals surface area contributed by atoms with Crippen molar-refractivity contribution in [3.63, 3.8) is 0 Å². The Balaban J connectivity index is 1.88. The molecule has 0 radical (unpaired) electrons. The van der Waals surface area contributed by atoms with Gasteiger partial charge in [0.1, 0.15) is 0 Å². The van der Waals surface area contributed by atoms with Crippen molar-refractivity contribution in [3.8, 4) is 0 Å².